The van der Waals surface area contributed by atoms with Gasteiger partial charge in [0.25, 0.3) is 0 Å². The van der Waals surface area contributed by atoms with Gasteiger partial charge in [-0.25, -0.2) is 4.98 Å². The number of carbonyl (C=O) groups excluding carboxylic acids is 1. The summed E-state index contributed by atoms with van der Waals surface area (Å²) in [4.78, 5) is 17.0. The maximum absolute atomic E-state index is 12.4. The Labute approximate surface area is 145 Å². The Morgan fingerprint density at radius 2 is 1.80 bits per heavy atom. The third kappa shape index (κ3) is 3.03. The van der Waals surface area contributed by atoms with E-state index in [-0.39, 0.29) is 12.5 Å². The van der Waals surface area contributed by atoms with Crippen LogP contribution in [0.15, 0.2) is 36.4 Å². The lowest BCUT2D eigenvalue weighted by Gasteiger charge is -2.18. The van der Waals surface area contributed by atoms with Gasteiger partial charge in [-0.3, -0.25) is 4.79 Å². The second kappa shape index (κ2) is 6.12. The second-order valence-corrected chi connectivity index (χ2v) is 6.14. The van der Waals surface area contributed by atoms with Crippen LogP contribution >= 0.6 is 0 Å². The van der Waals surface area contributed by atoms with Gasteiger partial charge in [-0.05, 0) is 26.0 Å². The van der Waals surface area contributed by atoms with E-state index in [4.69, 9.17) is 9.47 Å². The first-order valence-electron chi connectivity index (χ1n) is 8.23. The molecule has 0 unspecified atom stereocenters. The van der Waals surface area contributed by atoms with Crippen LogP contribution in [0.1, 0.15) is 11.4 Å². The predicted molar refractivity (Wildman–Crippen MR) is 95.3 cm³/mol. The molecule has 0 atom stereocenters. The molecule has 1 N–H and O–H groups in total. The molecule has 0 saturated carbocycles. The highest BCUT2D eigenvalue weighted by molar-refractivity contribution is 5.92. The summed E-state index contributed by atoms with van der Waals surface area (Å²) >= 11 is 0. The van der Waals surface area contributed by atoms with Gasteiger partial charge < -0.3 is 19.4 Å². The molecular formula is C19H19N3O3. The molecule has 1 aliphatic rings. The maximum Gasteiger partial charge on any atom is 0.244 e. The Morgan fingerprint density at radius 1 is 1.12 bits per heavy atom. The molecule has 25 heavy (non-hydrogen) atoms. The highest BCUT2D eigenvalue weighted by Crippen LogP contribution is 2.34. The lowest BCUT2D eigenvalue weighted by molar-refractivity contribution is -0.116. The van der Waals surface area contributed by atoms with Crippen LogP contribution in [0, 0.1) is 13.8 Å². The summed E-state index contributed by atoms with van der Waals surface area (Å²) in [6.07, 6.45) is 0. The summed E-state index contributed by atoms with van der Waals surface area (Å²) in [6.45, 7) is 5.16. The van der Waals surface area contributed by atoms with Gasteiger partial charge in [-0.2, -0.15) is 0 Å². The molecule has 1 aliphatic heterocycles. The Kier molecular flexibility index (Phi) is 3.80. The topological polar surface area (TPSA) is 65.4 Å². The van der Waals surface area contributed by atoms with Crippen LogP contribution in [-0.4, -0.2) is 28.7 Å². The zero-order valence-electron chi connectivity index (χ0n) is 14.2. The lowest BCUT2D eigenvalue weighted by Crippen LogP contribution is -2.19. The van der Waals surface area contributed by atoms with E-state index in [0.717, 1.165) is 28.1 Å². The number of anilines is 1. The Bertz CT molecular complexity index is 945. The van der Waals surface area contributed by atoms with Gasteiger partial charge >= 0.3 is 0 Å². The van der Waals surface area contributed by atoms with E-state index in [1.807, 2.05) is 54.8 Å². The Hall–Kier alpha value is -3.02. The van der Waals surface area contributed by atoms with Crippen molar-refractivity contribution < 1.29 is 14.3 Å². The van der Waals surface area contributed by atoms with Crippen molar-refractivity contribution in [3.8, 4) is 11.5 Å². The van der Waals surface area contributed by atoms with Crippen LogP contribution in [0.4, 0.5) is 5.69 Å². The van der Waals surface area contributed by atoms with E-state index < -0.39 is 0 Å². The van der Waals surface area contributed by atoms with Crippen LogP contribution in [0.5, 0.6) is 11.5 Å². The van der Waals surface area contributed by atoms with Crippen molar-refractivity contribution in [2.24, 2.45) is 0 Å². The molecule has 6 heteroatoms. The number of nitrogens with zero attached hydrogens (tertiary/aromatic N) is 2. The van der Waals surface area contributed by atoms with Gasteiger partial charge in [0.1, 0.15) is 25.6 Å². The molecule has 0 radical (unpaired) electrons. The van der Waals surface area contributed by atoms with Gasteiger partial charge in [0.15, 0.2) is 11.5 Å². The first-order valence-corrected chi connectivity index (χ1v) is 8.23. The fourth-order valence-electron chi connectivity index (χ4n) is 2.96. The van der Waals surface area contributed by atoms with Crippen molar-refractivity contribution in [2.75, 3.05) is 18.5 Å². The maximum atomic E-state index is 12.4. The van der Waals surface area contributed by atoms with Crippen LogP contribution in [0.25, 0.3) is 11.0 Å². The smallest absolute Gasteiger partial charge is 0.244 e. The van der Waals surface area contributed by atoms with E-state index in [1.165, 1.54) is 0 Å². The van der Waals surface area contributed by atoms with Gasteiger partial charge in [0, 0.05) is 17.8 Å². The molecule has 2 heterocycles. The highest BCUT2D eigenvalue weighted by Gasteiger charge is 2.18. The average molecular weight is 337 g/mol. The fraction of sp³-hybridized carbons (Fsp3) is 0.263. The molecule has 128 valence electrons. The van der Waals surface area contributed by atoms with Crippen LogP contribution in [0.2, 0.25) is 0 Å². The molecule has 3 aromatic rings. The fourth-order valence-corrected chi connectivity index (χ4v) is 2.96. The van der Waals surface area contributed by atoms with E-state index in [2.05, 4.69) is 10.3 Å². The van der Waals surface area contributed by atoms with Crippen molar-refractivity contribution in [3.05, 3.63) is 47.8 Å². The number of imidazole rings is 1. The lowest BCUT2D eigenvalue weighted by atomic mass is 10.2. The van der Waals surface area contributed by atoms with E-state index in [0.29, 0.717) is 24.7 Å². The third-order valence-electron chi connectivity index (χ3n) is 4.24. The van der Waals surface area contributed by atoms with Crippen molar-refractivity contribution in [1.29, 1.82) is 0 Å². The predicted octanol–water partition coefficient (Wildman–Crippen LogP) is 3.06. The molecule has 0 spiro atoms. The number of aromatic nitrogens is 2. The normalized spacial score (nSPS) is 13.0. The van der Waals surface area contributed by atoms with Gasteiger partial charge in [0.2, 0.25) is 5.91 Å². The number of rotatable bonds is 3. The molecule has 6 nitrogen and oxygen atoms in total. The van der Waals surface area contributed by atoms with Crippen molar-refractivity contribution in [1.82, 2.24) is 9.55 Å². The van der Waals surface area contributed by atoms with Crippen LogP contribution in [-0.2, 0) is 11.3 Å². The first-order chi connectivity index (χ1) is 12.1. The van der Waals surface area contributed by atoms with Gasteiger partial charge in [0.05, 0.1) is 11.0 Å². The molecule has 0 fully saturated rings. The summed E-state index contributed by atoms with van der Waals surface area (Å²) in [5, 5.41) is 2.92. The average Bonchev–Trinajstić information content (AvgIpc) is 2.90. The van der Waals surface area contributed by atoms with E-state index in [1.54, 1.807) is 0 Å². The zero-order valence-corrected chi connectivity index (χ0v) is 14.2. The van der Waals surface area contributed by atoms with E-state index in [9.17, 15) is 4.79 Å². The number of fused-ring (bicyclic) bond motifs is 2. The number of nitrogens with one attached hydrogen (secondary N) is 1. The minimum atomic E-state index is -0.0962. The largest absolute Gasteiger partial charge is 0.486 e. The highest BCUT2D eigenvalue weighted by atomic mass is 16.6. The molecule has 4 rings (SSSR count). The quantitative estimate of drug-likeness (QED) is 0.798. The summed E-state index contributed by atoms with van der Waals surface area (Å²) in [5.74, 6) is 2.07. The first kappa shape index (κ1) is 15.5. The number of aryl methyl sites for hydroxylation is 2. The third-order valence-corrected chi connectivity index (χ3v) is 4.24. The summed E-state index contributed by atoms with van der Waals surface area (Å²) in [6, 6.07) is 11.5. The van der Waals surface area contributed by atoms with Gasteiger partial charge in [-0.15, -0.1) is 0 Å². The summed E-state index contributed by atoms with van der Waals surface area (Å²) in [5.41, 5.74) is 3.60. The number of carbonyl (C=O) groups is 1. The minimum Gasteiger partial charge on any atom is -0.486 e. The molecule has 0 aliphatic carbocycles. The van der Waals surface area contributed by atoms with E-state index >= 15 is 0 Å². The van der Waals surface area contributed by atoms with Crippen molar-refractivity contribution in [2.45, 2.75) is 20.4 Å². The standard InChI is InChI=1S/C19H19N3O3/c1-12-3-5-14(6-4-12)21-19(23)11-22-13(2)20-15-9-17-18(10-16(15)22)25-8-7-24-17/h3-6,9-10H,7-8,11H2,1-2H3,(H,21,23). The van der Waals surface area contributed by atoms with Crippen molar-refractivity contribution >= 4 is 22.6 Å². The molecular weight excluding hydrogens is 318 g/mol. The molecule has 2 aromatic carbocycles. The minimum absolute atomic E-state index is 0.0962. The van der Waals surface area contributed by atoms with Gasteiger partial charge in [-0.1, -0.05) is 17.7 Å². The van der Waals surface area contributed by atoms with Crippen molar-refractivity contribution in [3.63, 3.8) is 0 Å². The van der Waals surface area contributed by atoms with Crippen LogP contribution in [0.3, 0.4) is 0 Å². The Balaban J connectivity index is 1.61. The summed E-state index contributed by atoms with van der Waals surface area (Å²) in [7, 11) is 0. The van der Waals surface area contributed by atoms with Crippen LogP contribution < -0.4 is 14.8 Å². The SMILES string of the molecule is Cc1ccc(NC(=O)Cn2c(C)nc3cc4c(cc32)OCCO4)cc1. The molecule has 1 aromatic heterocycles. The Morgan fingerprint density at radius 3 is 2.52 bits per heavy atom. The number of ether oxygens (including phenoxy) is 2. The second-order valence-electron chi connectivity index (χ2n) is 6.14. The number of benzene rings is 2. The number of hydrogen-bond donors (Lipinski definition) is 1. The summed E-state index contributed by atoms with van der Waals surface area (Å²) < 4.78 is 13.1. The molecule has 0 saturated heterocycles. The molecule has 0 bridgehead atoms. The molecule has 1 amide bonds. The monoisotopic (exact) mass is 337 g/mol. The zero-order chi connectivity index (χ0) is 17.4. The number of amides is 1. The number of hydrogen-bond acceptors (Lipinski definition) is 4.